The zero-order valence-corrected chi connectivity index (χ0v) is 11.3. The molecule has 1 amide bonds. The lowest BCUT2D eigenvalue weighted by Crippen LogP contribution is -2.19. The molecular formula is C12H12N4O5. The average molecular weight is 292 g/mol. The number of aromatic amines is 1. The minimum atomic E-state index is -0.659. The van der Waals surface area contributed by atoms with Crippen molar-refractivity contribution in [2.45, 2.75) is 13.8 Å². The molecular weight excluding hydrogens is 280 g/mol. The number of carbonyl (C=O) groups excluding carboxylic acids is 2. The van der Waals surface area contributed by atoms with E-state index in [4.69, 9.17) is 9.26 Å². The fraction of sp³-hybridized carbons (Fsp3) is 0.250. The van der Waals surface area contributed by atoms with E-state index in [0.29, 0.717) is 0 Å². The number of H-pyrrole nitrogens is 1. The molecule has 9 nitrogen and oxygen atoms in total. The number of esters is 1. The topological polar surface area (TPSA) is 127 Å². The second-order valence-corrected chi connectivity index (χ2v) is 3.95. The van der Waals surface area contributed by atoms with Crippen LogP contribution in [0.15, 0.2) is 21.5 Å². The van der Waals surface area contributed by atoms with Crippen LogP contribution in [0, 0.1) is 6.92 Å². The van der Waals surface area contributed by atoms with E-state index in [1.807, 2.05) is 0 Å². The maximum atomic E-state index is 11.9. The highest BCUT2D eigenvalue weighted by Gasteiger charge is 2.24. The molecule has 0 aliphatic heterocycles. The fourth-order valence-corrected chi connectivity index (χ4v) is 1.54. The molecule has 0 spiro atoms. The summed E-state index contributed by atoms with van der Waals surface area (Å²) in [6.45, 7) is 3.38. The van der Waals surface area contributed by atoms with E-state index in [1.165, 1.54) is 6.07 Å². The molecule has 0 bridgehead atoms. The third-order valence-corrected chi connectivity index (χ3v) is 2.48. The third kappa shape index (κ3) is 3.14. The summed E-state index contributed by atoms with van der Waals surface area (Å²) in [5.41, 5.74) is -0.152. The summed E-state index contributed by atoms with van der Waals surface area (Å²) < 4.78 is 9.75. The Morgan fingerprint density at radius 2 is 2.19 bits per heavy atom. The van der Waals surface area contributed by atoms with Crippen molar-refractivity contribution in [1.29, 1.82) is 0 Å². The maximum Gasteiger partial charge on any atom is 0.345 e. The van der Waals surface area contributed by atoms with Gasteiger partial charge in [0, 0.05) is 6.07 Å². The van der Waals surface area contributed by atoms with E-state index in [9.17, 15) is 14.4 Å². The molecule has 0 saturated heterocycles. The van der Waals surface area contributed by atoms with Crippen LogP contribution in [-0.2, 0) is 4.74 Å². The number of nitrogens with one attached hydrogen (secondary N) is 2. The number of carbonyl (C=O) groups is 2. The van der Waals surface area contributed by atoms with Gasteiger partial charge in [0.05, 0.1) is 12.3 Å². The SMILES string of the molecule is CCOC(=O)c1c(C)noc1NC(=O)c1ccc(=O)[nH]n1. The predicted molar refractivity (Wildman–Crippen MR) is 70.0 cm³/mol. The van der Waals surface area contributed by atoms with Gasteiger partial charge in [-0.3, -0.25) is 14.9 Å². The molecule has 0 atom stereocenters. The summed E-state index contributed by atoms with van der Waals surface area (Å²) >= 11 is 0. The van der Waals surface area contributed by atoms with E-state index in [-0.39, 0.29) is 29.4 Å². The van der Waals surface area contributed by atoms with Crippen LogP contribution in [0.5, 0.6) is 0 Å². The Morgan fingerprint density at radius 1 is 1.43 bits per heavy atom. The van der Waals surface area contributed by atoms with E-state index in [1.54, 1.807) is 13.8 Å². The smallest absolute Gasteiger partial charge is 0.345 e. The molecule has 0 unspecified atom stereocenters. The molecule has 21 heavy (non-hydrogen) atoms. The zero-order valence-electron chi connectivity index (χ0n) is 11.3. The normalized spacial score (nSPS) is 10.2. The molecule has 0 fully saturated rings. The summed E-state index contributed by atoms with van der Waals surface area (Å²) in [6, 6.07) is 2.39. The van der Waals surface area contributed by atoms with Crippen molar-refractivity contribution >= 4 is 17.8 Å². The lowest BCUT2D eigenvalue weighted by Gasteiger charge is -2.03. The predicted octanol–water partition coefficient (Wildman–Crippen LogP) is 0.495. The number of amides is 1. The molecule has 9 heteroatoms. The Morgan fingerprint density at radius 3 is 2.81 bits per heavy atom. The van der Waals surface area contributed by atoms with Crippen LogP contribution >= 0.6 is 0 Å². The molecule has 2 heterocycles. The summed E-state index contributed by atoms with van der Waals surface area (Å²) in [4.78, 5) is 34.6. The second kappa shape index (κ2) is 5.99. The van der Waals surface area contributed by atoms with Crippen LogP contribution in [0.3, 0.4) is 0 Å². The van der Waals surface area contributed by atoms with Crippen molar-refractivity contribution in [2.24, 2.45) is 0 Å². The van der Waals surface area contributed by atoms with Crippen LogP contribution in [0.4, 0.5) is 5.88 Å². The van der Waals surface area contributed by atoms with Crippen LogP contribution in [0.1, 0.15) is 33.5 Å². The first-order valence-corrected chi connectivity index (χ1v) is 6.03. The molecule has 0 aliphatic rings. The summed E-state index contributed by atoms with van der Waals surface area (Å²) in [7, 11) is 0. The molecule has 0 aliphatic carbocycles. The van der Waals surface area contributed by atoms with E-state index in [2.05, 4.69) is 20.7 Å². The van der Waals surface area contributed by atoms with Gasteiger partial charge < -0.3 is 9.26 Å². The number of aryl methyl sites for hydroxylation is 1. The van der Waals surface area contributed by atoms with Crippen molar-refractivity contribution in [3.05, 3.63) is 39.4 Å². The van der Waals surface area contributed by atoms with E-state index < -0.39 is 17.4 Å². The van der Waals surface area contributed by atoms with Gasteiger partial charge >= 0.3 is 5.97 Å². The first kappa shape index (κ1) is 14.4. The van der Waals surface area contributed by atoms with Gasteiger partial charge in [0.2, 0.25) is 5.88 Å². The minimum absolute atomic E-state index is 0.0367. The molecule has 0 radical (unpaired) electrons. The zero-order chi connectivity index (χ0) is 15.4. The molecule has 2 N–H and O–H groups in total. The Labute approximate surface area is 118 Å². The van der Waals surface area contributed by atoms with Gasteiger partial charge in [-0.05, 0) is 19.9 Å². The maximum absolute atomic E-state index is 11.9. The average Bonchev–Trinajstić information content (AvgIpc) is 2.80. The number of hydrogen-bond acceptors (Lipinski definition) is 7. The molecule has 110 valence electrons. The quantitative estimate of drug-likeness (QED) is 0.785. The molecule has 0 saturated carbocycles. The van der Waals surface area contributed by atoms with Crippen molar-refractivity contribution in [1.82, 2.24) is 15.4 Å². The first-order chi connectivity index (χ1) is 10.0. The molecule has 2 aromatic rings. The Kier molecular flexibility index (Phi) is 4.12. The molecule has 2 rings (SSSR count). The van der Waals surface area contributed by atoms with E-state index in [0.717, 1.165) is 6.07 Å². The van der Waals surface area contributed by atoms with Gasteiger partial charge in [-0.1, -0.05) is 5.16 Å². The number of anilines is 1. The van der Waals surface area contributed by atoms with Gasteiger partial charge in [0.25, 0.3) is 11.5 Å². The van der Waals surface area contributed by atoms with Gasteiger partial charge in [0.15, 0.2) is 0 Å². The standard InChI is InChI=1S/C12H12N4O5/c1-3-20-12(19)9-6(2)16-21-11(9)13-10(18)7-4-5-8(17)15-14-7/h4-5H,3H2,1-2H3,(H,13,18)(H,15,17). The second-order valence-electron chi connectivity index (χ2n) is 3.95. The minimum Gasteiger partial charge on any atom is -0.462 e. The Bertz CT molecular complexity index is 713. The van der Waals surface area contributed by atoms with Crippen LogP contribution in [0.2, 0.25) is 0 Å². The van der Waals surface area contributed by atoms with E-state index >= 15 is 0 Å². The van der Waals surface area contributed by atoms with Crippen molar-refractivity contribution in [3.63, 3.8) is 0 Å². The van der Waals surface area contributed by atoms with Crippen molar-refractivity contribution < 1.29 is 18.8 Å². The van der Waals surface area contributed by atoms with Crippen LogP contribution in [0.25, 0.3) is 0 Å². The highest BCUT2D eigenvalue weighted by Crippen LogP contribution is 2.20. The monoisotopic (exact) mass is 292 g/mol. The van der Waals surface area contributed by atoms with Crippen molar-refractivity contribution in [3.8, 4) is 0 Å². The van der Waals surface area contributed by atoms with Gasteiger partial charge in [-0.2, -0.15) is 5.10 Å². The fourth-order valence-electron chi connectivity index (χ4n) is 1.54. The summed E-state index contributed by atoms with van der Waals surface area (Å²) in [5, 5.41) is 11.7. The van der Waals surface area contributed by atoms with Gasteiger partial charge in [0.1, 0.15) is 11.3 Å². The molecule has 2 aromatic heterocycles. The molecule has 0 aromatic carbocycles. The number of aromatic nitrogens is 3. The van der Waals surface area contributed by atoms with Crippen LogP contribution in [-0.4, -0.2) is 33.8 Å². The van der Waals surface area contributed by atoms with Crippen molar-refractivity contribution in [2.75, 3.05) is 11.9 Å². The Hall–Kier alpha value is -2.97. The lowest BCUT2D eigenvalue weighted by molar-refractivity contribution is 0.0526. The lowest BCUT2D eigenvalue weighted by atomic mass is 10.2. The largest absolute Gasteiger partial charge is 0.462 e. The van der Waals surface area contributed by atoms with Crippen LogP contribution < -0.4 is 10.9 Å². The third-order valence-electron chi connectivity index (χ3n) is 2.48. The van der Waals surface area contributed by atoms with Gasteiger partial charge in [-0.15, -0.1) is 0 Å². The number of nitrogens with zero attached hydrogens (tertiary/aromatic N) is 2. The van der Waals surface area contributed by atoms with Gasteiger partial charge in [-0.25, -0.2) is 9.89 Å². The summed E-state index contributed by atoms with van der Waals surface area (Å²) in [6.07, 6.45) is 0. The summed E-state index contributed by atoms with van der Waals surface area (Å²) in [5.74, 6) is -1.45. The highest BCUT2D eigenvalue weighted by atomic mass is 16.5. The first-order valence-electron chi connectivity index (χ1n) is 6.03. The highest BCUT2D eigenvalue weighted by molar-refractivity contribution is 6.06. The number of rotatable bonds is 4. The Balaban J connectivity index is 2.23. The number of hydrogen-bond donors (Lipinski definition) is 2. The number of ether oxygens (including phenoxy) is 1.